The highest BCUT2D eigenvalue weighted by molar-refractivity contribution is 6.32. The van der Waals surface area contributed by atoms with Crippen molar-refractivity contribution >= 4 is 23.3 Å². The molecule has 0 spiro atoms. The number of nitrogens with one attached hydrogen (secondary N) is 1. The second kappa shape index (κ2) is 6.91. The molecule has 0 aromatic carbocycles. The van der Waals surface area contributed by atoms with E-state index in [1.54, 1.807) is 0 Å². The van der Waals surface area contributed by atoms with Gasteiger partial charge in [0.05, 0.1) is 31.1 Å². The molecule has 1 saturated carbocycles. The molecule has 0 aliphatic heterocycles. The molecule has 2 rings (SSSR count). The summed E-state index contributed by atoms with van der Waals surface area (Å²) in [5.74, 6) is -0.580. The van der Waals surface area contributed by atoms with Crippen molar-refractivity contribution in [3.63, 3.8) is 0 Å². The molecule has 2 unspecified atom stereocenters. The molecule has 2 N–H and O–H groups in total. The highest BCUT2D eigenvalue weighted by atomic mass is 35.5. The Balaban J connectivity index is 2.16. The Morgan fingerprint density at radius 1 is 1.57 bits per heavy atom. The third-order valence-electron chi connectivity index (χ3n) is 3.56. The fraction of sp³-hybridized carbons (Fsp3) is 0.615. The number of aliphatic hydroxyl groups is 1. The lowest BCUT2D eigenvalue weighted by Gasteiger charge is -2.29. The van der Waals surface area contributed by atoms with Gasteiger partial charge in [0.1, 0.15) is 11.6 Å². The summed E-state index contributed by atoms with van der Waals surface area (Å²) < 4.78 is 5.43. The van der Waals surface area contributed by atoms with Crippen molar-refractivity contribution in [2.24, 2.45) is 0 Å². The average molecular weight is 316 g/mol. The number of rotatable bonds is 4. The van der Waals surface area contributed by atoms with Crippen LogP contribution in [-0.4, -0.2) is 40.1 Å². The van der Waals surface area contributed by atoms with Crippen molar-refractivity contribution in [2.45, 2.75) is 44.4 Å². The molecule has 2 atom stereocenters. The zero-order chi connectivity index (χ0) is 15.4. The molecule has 0 radical (unpaired) electrons. The maximum Gasteiger partial charge on any atom is 0.327 e. The Morgan fingerprint density at radius 2 is 2.29 bits per heavy atom. The quantitative estimate of drug-likeness (QED) is 0.798. The minimum Gasteiger partial charge on any atom is -0.468 e. The van der Waals surface area contributed by atoms with Crippen LogP contribution in [0.1, 0.15) is 25.7 Å². The van der Waals surface area contributed by atoms with Crippen LogP contribution in [0.25, 0.3) is 0 Å². The summed E-state index contributed by atoms with van der Waals surface area (Å²) in [6, 6.07) is -0.145. The normalized spacial score (nSPS) is 21.9. The van der Waals surface area contributed by atoms with E-state index in [9.17, 15) is 14.7 Å². The Kier molecular flexibility index (Phi) is 5.19. The minimum absolute atomic E-state index is 0.0494. The van der Waals surface area contributed by atoms with Gasteiger partial charge >= 0.3 is 5.97 Å². The summed E-state index contributed by atoms with van der Waals surface area (Å²) in [5.41, 5.74) is -0.203. The highest BCUT2D eigenvalue weighted by Gasteiger charge is 2.24. The first-order valence-electron chi connectivity index (χ1n) is 6.80. The van der Waals surface area contributed by atoms with E-state index in [1.165, 1.54) is 13.3 Å². The largest absolute Gasteiger partial charge is 0.468 e. The summed E-state index contributed by atoms with van der Waals surface area (Å²) in [4.78, 5) is 23.2. The molecule has 1 aliphatic carbocycles. The first-order valence-corrected chi connectivity index (χ1v) is 7.17. The van der Waals surface area contributed by atoms with Crippen molar-refractivity contribution in [1.82, 2.24) is 9.78 Å². The Morgan fingerprint density at radius 3 is 2.95 bits per heavy atom. The fourth-order valence-corrected chi connectivity index (χ4v) is 2.55. The highest BCUT2D eigenvalue weighted by Crippen LogP contribution is 2.24. The second-order valence-corrected chi connectivity index (χ2v) is 5.39. The van der Waals surface area contributed by atoms with Gasteiger partial charge in [-0.2, -0.15) is 5.10 Å². The minimum atomic E-state index is -0.580. The van der Waals surface area contributed by atoms with Gasteiger partial charge in [0.25, 0.3) is 5.56 Å². The number of anilines is 1. The van der Waals surface area contributed by atoms with Gasteiger partial charge in [0.15, 0.2) is 0 Å². The molecular weight excluding hydrogens is 298 g/mol. The summed E-state index contributed by atoms with van der Waals surface area (Å²) in [6.07, 6.45) is 4.46. The van der Waals surface area contributed by atoms with Gasteiger partial charge in [-0.1, -0.05) is 24.4 Å². The van der Waals surface area contributed by atoms with Gasteiger partial charge in [0, 0.05) is 0 Å². The third kappa shape index (κ3) is 3.74. The second-order valence-electron chi connectivity index (χ2n) is 5.01. The lowest BCUT2D eigenvalue weighted by atomic mass is 9.92. The van der Waals surface area contributed by atoms with Crippen LogP contribution in [0.4, 0.5) is 5.69 Å². The molecule has 0 saturated heterocycles. The van der Waals surface area contributed by atoms with E-state index >= 15 is 0 Å². The molecule has 116 valence electrons. The molecule has 21 heavy (non-hydrogen) atoms. The van der Waals surface area contributed by atoms with Gasteiger partial charge in [-0.25, -0.2) is 4.68 Å². The van der Waals surface area contributed by atoms with E-state index in [-0.39, 0.29) is 17.6 Å². The number of hydrogen-bond donors (Lipinski definition) is 2. The van der Waals surface area contributed by atoms with Gasteiger partial charge in [-0.3, -0.25) is 9.59 Å². The van der Waals surface area contributed by atoms with Crippen LogP contribution in [-0.2, 0) is 16.1 Å². The molecule has 7 nitrogen and oxygen atoms in total. The number of nitrogens with zero attached hydrogens (tertiary/aromatic N) is 2. The molecule has 0 amide bonds. The zero-order valence-corrected chi connectivity index (χ0v) is 12.5. The van der Waals surface area contributed by atoms with Crippen molar-refractivity contribution in [2.75, 3.05) is 12.4 Å². The Hall–Kier alpha value is -1.60. The summed E-state index contributed by atoms with van der Waals surface area (Å²) >= 11 is 6.02. The number of aromatic nitrogens is 2. The van der Waals surface area contributed by atoms with E-state index in [1.807, 2.05) is 0 Å². The van der Waals surface area contributed by atoms with Crippen LogP contribution >= 0.6 is 11.6 Å². The lowest BCUT2D eigenvalue weighted by molar-refractivity contribution is -0.141. The van der Waals surface area contributed by atoms with Crippen LogP contribution in [0.15, 0.2) is 11.0 Å². The zero-order valence-electron chi connectivity index (χ0n) is 11.7. The first kappa shape index (κ1) is 15.8. The van der Waals surface area contributed by atoms with Crippen molar-refractivity contribution in [3.8, 4) is 0 Å². The van der Waals surface area contributed by atoms with Crippen LogP contribution in [0, 0.1) is 0 Å². The number of esters is 1. The predicted molar refractivity (Wildman–Crippen MR) is 77.4 cm³/mol. The molecule has 1 heterocycles. The van der Waals surface area contributed by atoms with Crippen molar-refractivity contribution in [3.05, 3.63) is 21.6 Å². The van der Waals surface area contributed by atoms with Crippen LogP contribution in [0.3, 0.4) is 0 Å². The standard InChI is InChI=1S/C13H18ClN3O4/c1-21-11(19)7-17-13(20)12(14)9(6-15-17)16-8-4-2-3-5-10(8)18/h6,8,10,16,18H,2-5,7H2,1H3. The summed E-state index contributed by atoms with van der Waals surface area (Å²) in [6.45, 7) is -0.290. The molecule has 1 aromatic heterocycles. The number of carbonyl (C=O) groups excluding carboxylic acids is 1. The number of ether oxygens (including phenoxy) is 1. The number of methoxy groups -OCH3 is 1. The number of hydrogen-bond acceptors (Lipinski definition) is 6. The lowest BCUT2D eigenvalue weighted by Crippen LogP contribution is -2.37. The van der Waals surface area contributed by atoms with Crippen molar-refractivity contribution < 1.29 is 14.6 Å². The molecule has 0 bridgehead atoms. The van der Waals surface area contributed by atoms with Crippen molar-refractivity contribution in [1.29, 1.82) is 0 Å². The van der Waals surface area contributed by atoms with E-state index < -0.39 is 17.6 Å². The maximum atomic E-state index is 12.0. The molecular formula is C13H18ClN3O4. The Labute approximate surface area is 126 Å². The average Bonchev–Trinajstić information content (AvgIpc) is 2.48. The van der Waals surface area contributed by atoms with Gasteiger partial charge in [-0.15, -0.1) is 0 Å². The summed E-state index contributed by atoms with van der Waals surface area (Å²) in [5, 5.41) is 16.8. The number of halogens is 1. The third-order valence-corrected chi connectivity index (χ3v) is 3.93. The molecule has 1 aromatic rings. The molecule has 8 heteroatoms. The van der Waals surface area contributed by atoms with Crippen LogP contribution in [0.2, 0.25) is 5.02 Å². The molecule has 1 fully saturated rings. The maximum absolute atomic E-state index is 12.0. The van der Waals surface area contributed by atoms with Gasteiger partial charge in [-0.05, 0) is 12.8 Å². The summed E-state index contributed by atoms with van der Waals surface area (Å²) in [7, 11) is 1.23. The molecule has 1 aliphatic rings. The van der Waals surface area contributed by atoms with E-state index in [4.69, 9.17) is 11.6 Å². The van der Waals surface area contributed by atoms with Gasteiger partial charge in [0.2, 0.25) is 0 Å². The van der Waals surface area contributed by atoms with Crippen LogP contribution < -0.4 is 10.9 Å². The fourth-order valence-electron chi connectivity index (χ4n) is 2.34. The number of aliphatic hydroxyl groups excluding tert-OH is 1. The van der Waals surface area contributed by atoms with E-state index in [2.05, 4.69) is 15.2 Å². The van der Waals surface area contributed by atoms with Gasteiger partial charge < -0.3 is 15.2 Å². The first-order chi connectivity index (χ1) is 10.0. The SMILES string of the molecule is COC(=O)Cn1ncc(NC2CCCCC2O)c(Cl)c1=O. The smallest absolute Gasteiger partial charge is 0.327 e. The topological polar surface area (TPSA) is 93.5 Å². The number of carbonyl (C=O) groups is 1. The predicted octanol–water partition coefficient (Wildman–Crippen LogP) is 0.785. The van der Waals surface area contributed by atoms with Crippen LogP contribution in [0.5, 0.6) is 0 Å². The Bertz CT molecular complexity index is 575. The van der Waals surface area contributed by atoms with E-state index in [0.717, 1.165) is 30.4 Å². The monoisotopic (exact) mass is 315 g/mol. The van der Waals surface area contributed by atoms with E-state index in [0.29, 0.717) is 5.69 Å².